The molecule has 1 heterocycles. The number of halogens is 3. The van der Waals surface area contributed by atoms with E-state index in [0.29, 0.717) is 29.2 Å². The van der Waals surface area contributed by atoms with Gasteiger partial charge in [-0.2, -0.15) is 0 Å². The highest BCUT2D eigenvalue weighted by molar-refractivity contribution is 6.33. The van der Waals surface area contributed by atoms with Crippen molar-refractivity contribution in [2.75, 3.05) is 17.2 Å². The molecule has 0 unspecified atom stereocenters. The molecule has 4 nitrogen and oxygen atoms in total. The van der Waals surface area contributed by atoms with E-state index in [1.165, 1.54) is 18.2 Å². The quantitative estimate of drug-likeness (QED) is 0.395. The zero-order chi connectivity index (χ0) is 22.5. The van der Waals surface area contributed by atoms with Gasteiger partial charge < -0.3 is 16.4 Å². The third kappa shape index (κ3) is 5.56. The van der Waals surface area contributed by atoms with Crippen molar-refractivity contribution in [1.29, 1.82) is 0 Å². The maximum Gasteiger partial charge on any atom is 0.146 e. The van der Waals surface area contributed by atoms with Crippen molar-refractivity contribution in [3.63, 3.8) is 0 Å². The molecule has 3 aromatic rings. The lowest BCUT2D eigenvalue weighted by molar-refractivity contribution is 0.344. The van der Waals surface area contributed by atoms with Crippen molar-refractivity contribution in [2.45, 2.75) is 38.3 Å². The van der Waals surface area contributed by atoms with E-state index in [2.05, 4.69) is 15.6 Å². The molecule has 1 saturated carbocycles. The molecule has 1 aliphatic rings. The molecule has 7 heteroatoms. The van der Waals surface area contributed by atoms with E-state index in [1.807, 2.05) is 6.07 Å². The van der Waals surface area contributed by atoms with Gasteiger partial charge >= 0.3 is 0 Å². The van der Waals surface area contributed by atoms with Crippen molar-refractivity contribution in [2.24, 2.45) is 11.7 Å². The van der Waals surface area contributed by atoms with E-state index in [1.54, 1.807) is 30.5 Å². The fourth-order valence-corrected chi connectivity index (χ4v) is 4.38. The maximum atomic E-state index is 14.4. The highest BCUT2D eigenvalue weighted by Gasteiger charge is 2.20. The number of benzene rings is 2. The van der Waals surface area contributed by atoms with Gasteiger partial charge in [0.1, 0.15) is 17.5 Å². The van der Waals surface area contributed by atoms with E-state index in [0.717, 1.165) is 54.7 Å². The lowest BCUT2D eigenvalue weighted by Gasteiger charge is -2.28. The van der Waals surface area contributed by atoms with Gasteiger partial charge in [0.15, 0.2) is 0 Å². The number of aromatic nitrogens is 1. The van der Waals surface area contributed by atoms with Crippen LogP contribution in [0.25, 0.3) is 11.1 Å². The largest absolute Gasteiger partial charge is 0.379 e. The molecule has 0 saturated heterocycles. The summed E-state index contributed by atoms with van der Waals surface area (Å²) < 4.78 is 27.8. The van der Waals surface area contributed by atoms with Crippen LogP contribution in [0, 0.1) is 17.6 Å². The molecule has 2 aromatic carbocycles. The molecular formula is C25H27ClF2N4. The van der Waals surface area contributed by atoms with Gasteiger partial charge in [0.25, 0.3) is 0 Å². The van der Waals surface area contributed by atoms with E-state index >= 15 is 0 Å². The van der Waals surface area contributed by atoms with Crippen molar-refractivity contribution >= 4 is 23.1 Å². The number of nitrogens with two attached hydrogens (primary N) is 1. The monoisotopic (exact) mass is 456 g/mol. The van der Waals surface area contributed by atoms with Crippen LogP contribution in [-0.2, 0) is 6.54 Å². The predicted molar refractivity (Wildman–Crippen MR) is 127 cm³/mol. The fourth-order valence-electron chi connectivity index (χ4n) is 4.16. The summed E-state index contributed by atoms with van der Waals surface area (Å²) >= 11 is 6.43. The Bertz CT molecular complexity index is 1070. The van der Waals surface area contributed by atoms with Crippen LogP contribution in [0.1, 0.15) is 31.2 Å². The zero-order valence-electron chi connectivity index (χ0n) is 17.8. The molecule has 1 aromatic heterocycles. The van der Waals surface area contributed by atoms with Gasteiger partial charge in [-0.1, -0.05) is 29.8 Å². The summed E-state index contributed by atoms with van der Waals surface area (Å²) in [5.74, 6) is 0.655. The third-order valence-corrected chi connectivity index (χ3v) is 6.34. The second-order valence-corrected chi connectivity index (χ2v) is 8.73. The number of nitrogens with zero attached hydrogens (tertiary/aromatic N) is 1. The molecule has 1 aliphatic carbocycles. The van der Waals surface area contributed by atoms with E-state index < -0.39 is 0 Å². The smallest absolute Gasteiger partial charge is 0.146 e. The Kier molecular flexibility index (Phi) is 7.22. The van der Waals surface area contributed by atoms with E-state index in [4.69, 9.17) is 17.3 Å². The number of hydrogen-bond donors (Lipinski definition) is 3. The molecule has 0 spiro atoms. The van der Waals surface area contributed by atoms with Crippen LogP contribution in [0.3, 0.4) is 0 Å². The molecule has 1 fully saturated rings. The van der Waals surface area contributed by atoms with Crippen LogP contribution in [0.2, 0.25) is 5.02 Å². The molecule has 0 bridgehead atoms. The van der Waals surface area contributed by atoms with E-state index in [-0.39, 0.29) is 11.6 Å². The molecule has 0 aliphatic heterocycles. The second kappa shape index (κ2) is 10.3. The molecular weight excluding hydrogens is 430 g/mol. The Morgan fingerprint density at radius 1 is 1.03 bits per heavy atom. The highest BCUT2D eigenvalue weighted by Crippen LogP contribution is 2.33. The van der Waals surface area contributed by atoms with Gasteiger partial charge in [0.05, 0.1) is 10.7 Å². The first kappa shape index (κ1) is 22.5. The highest BCUT2D eigenvalue weighted by atomic mass is 35.5. The van der Waals surface area contributed by atoms with Gasteiger partial charge in [0, 0.05) is 24.3 Å². The van der Waals surface area contributed by atoms with Crippen LogP contribution in [0.5, 0.6) is 0 Å². The summed E-state index contributed by atoms with van der Waals surface area (Å²) in [6.07, 6.45) is 5.98. The molecule has 4 N–H and O–H groups in total. The summed E-state index contributed by atoms with van der Waals surface area (Å²) in [6, 6.07) is 13.3. The van der Waals surface area contributed by atoms with Crippen molar-refractivity contribution in [1.82, 2.24) is 4.98 Å². The standard InChI is InChI=1S/C25H27ClF2N4/c26-22-15-31-25(32-20-7-4-16(13-29)5-8-20)12-21(22)18-6-9-23(28)24(11-18)30-14-17-2-1-3-19(27)10-17/h1-3,6,9-12,15-16,20,30H,4-5,7-8,13-14,29H2,(H,31,32)/t16-,20-. The average molecular weight is 457 g/mol. The molecule has 0 radical (unpaired) electrons. The normalized spacial score (nSPS) is 18.4. The topological polar surface area (TPSA) is 63.0 Å². The van der Waals surface area contributed by atoms with Crippen LogP contribution in [0.4, 0.5) is 20.3 Å². The van der Waals surface area contributed by atoms with Crippen molar-refractivity contribution in [3.05, 3.63) is 76.9 Å². The van der Waals surface area contributed by atoms with Gasteiger partial charge in [-0.25, -0.2) is 13.8 Å². The molecule has 32 heavy (non-hydrogen) atoms. The van der Waals surface area contributed by atoms with Crippen LogP contribution in [-0.4, -0.2) is 17.6 Å². The Hall–Kier alpha value is -2.70. The summed E-state index contributed by atoms with van der Waals surface area (Å²) in [7, 11) is 0. The zero-order valence-corrected chi connectivity index (χ0v) is 18.5. The summed E-state index contributed by atoms with van der Waals surface area (Å²) in [5, 5.41) is 7.05. The minimum absolute atomic E-state index is 0.306. The lowest BCUT2D eigenvalue weighted by atomic mass is 9.86. The number of nitrogens with one attached hydrogen (secondary N) is 2. The number of anilines is 2. The number of rotatable bonds is 7. The average Bonchev–Trinajstić information content (AvgIpc) is 2.80. The molecule has 4 rings (SSSR count). The summed E-state index contributed by atoms with van der Waals surface area (Å²) in [4.78, 5) is 4.43. The number of hydrogen-bond acceptors (Lipinski definition) is 4. The molecule has 0 atom stereocenters. The number of pyridine rings is 1. The Labute approximate surface area is 192 Å². The lowest BCUT2D eigenvalue weighted by Crippen LogP contribution is -2.29. The van der Waals surface area contributed by atoms with Crippen molar-refractivity contribution in [3.8, 4) is 11.1 Å². The Morgan fingerprint density at radius 2 is 1.84 bits per heavy atom. The summed E-state index contributed by atoms with van der Waals surface area (Å²) in [6.45, 7) is 1.05. The summed E-state index contributed by atoms with van der Waals surface area (Å²) in [5.41, 5.74) is 8.39. The van der Waals surface area contributed by atoms with Gasteiger partial charge in [-0.05, 0) is 79.6 Å². The fraction of sp³-hybridized carbons (Fsp3) is 0.320. The van der Waals surface area contributed by atoms with E-state index in [9.17, 15) is 8.78 Å². The Balaban J connectivity index is 1.50. The minimum atomic E-state index is -0.384. The molecule has 0 amide bonds. The molecule has 168 valence electrons. The van der Waals surface area contributed by atoms with Gasteiger partial charge in [-0.3, -0.25) is 0 Å². The maximum absolute atomic E-state index is 14.4. The SMILES string of the molecule is NC[C@H]1CC[C@H](Nc2cc(-c3ccc(F)c(NCc4cccc(F)c4)c3)c(Cl)cn2)CC1. The minimum Gasteiger partial charge on any atom is -0.379 e. The first-order valence-electron chi connectivity index (χ1n) is 10.9. The Morgan fingerprint density at radius 3 is 2.59 bits per heavy atom. The van der Waals surface area contributed by atoms with Crippen LogP contribution < -0.4 is 16.4 Å². The van der Waals surface area contributed by atoms with Gasteiger partial charge in [-0.15, -0.1) is 0 Å². The van der Waals surface area contributed by atoms with Crippen molar-refractivity contribution < 1.29 is 8.78 Å². The first-order chi connectivity index (χ1) is 15.5. The third-order valence-electron chi connectivity index (χ3n) is 6.04. The second-order valence-electron chi connectivity index (χ2n) is 8.33. The van der Waals surface area contributed by atoms with Crippen LogP contribution in [0.15, 0.2) is 54.7 Å². The predicted octanol–water partition coefficient (Wildman–Crippen LogP) is 6.22. The first-order valence-corrected chi connectivity index (χ1v) is 11.3. The van der Waals surface area contributed by atoms with Crippen LogP contribution >= 0.6 is 11.6 Å². The van der Waals surface area contributed by atoms with Gasteiger partial charge in [0.2, 0.25) is 0 Å².